The van der Waals surface area contributed by atoms with Crippen molar-refractivity contribution >= 4 is 11.6 Å². The molecule has 25 heavy (non-hydrogen) atoms. The Balaban J connectivity index is 1.88. The summed E-state index contributed by atoms with van der Waals surface area (Å²) in [4.78, 5) is 24.4. The van der Waals surface area contributed by atoms with Crippen LogP contribution in [-0.2, 0) is 0 Å². The van der Waals surface area contributed by atoms with Crippen molar-refractivity contribution in [3.05, 3.63) is 76.0 Å². The van der Waals surface area contributed by atoms with Gasteiger partial charge >= 0.3 is 0 Å². The Morgan fingerprint density at radius 2 is 1.88 bits per heavy atom. The molecule has 0 aliphatic heterocycles. The number of carbonyl (C=O) groups is 1. The molecule has 0 unspecified atom stereocenters. The van der Waals surface area contributed by atoms with Gasteiger partial charge in [0.1, 0.15) is 17.3 Å². The Hall–Kier alpha value is -3.35. The number of aromatic nitrogens is 2. The van der Waals surface area contributed by atoms with Crippen LogP contribution < -0.4 is 15.6 Å². The number of aromatic amines is 1. The third-order valence-corrected chi connectivity index (χ3v) is 3.68. The van der Waals surface area contributed by atoms with Crippen LogP contribution in [-0.4, -0.2) is 22.8 Å². The van der Waals surface area contributed by atoms with Gasteiger partial charge in [0.05, 0.1) is 18.5 Å². The summed E-state index contributed by atoms with van der Waals surface area (Å²) in [5, 5.41) is 5.15. The number of amides is 1. The number of ether oxygens (including phenoxy) is 1. The highest BCUT2D eigenvalue weighted by Crippen LogP contribution is 2.21. The van der Waals surface area contributed by atoms with Crippen LogP contribution in [0, 0.1) is 12.7 Å². The van der Waals surface area contributed by atoms with Gasteiger partial charge in [0.15, 0.2) is 0 Å². The van der Waals surface area contributed by atoms with E-state index in [-0.39, 0.29) is 16.9 Å². The van der Waals surface area contributed by atoms with Gasteiger partial charge in [-0.2, -0.15) is 0 Å². The SMILES string of the molecule is COc1ccc(F)c(NC(=O)c2cc(=O)n(-c3ccc(C)cc3)[nH]2)c1. The largest absolute Gasteiger partial charge is 0.497 e. The van der Waals surface area contributed by atoms with E-state index in [0.29, 0.717) is 11.4 Å². The Bertz CT molecular complexity index is 974. The Labute approximate surface area is 142 Å². The number of benzene rings is 2. The predicted octanol–water partition coefficient (Wildman–Crippen LogP) is 2.87. The molecule has 0 aliphatic carbocycles. The van der Waals surface area contributed by atoms with Crippen LogP contribution >= 0.6 is 0 Å². The molecule has 6 nitrogen and oxygen atoms in total. The number of aryl methyl sites for hydroxylation is 1. The number of methoxy groups -OCH3 is 1. The lowest BCUT2D eigenvalue weighted by Crippen LogP contribution is -2.15. The lowest BCUT2D eigenvalue weighted by atomic mass is 10.2. The van der Waals surface area contributed by atoms with Gasteiger partial charge < -0.3 is 10.1 Å². The lowest BCUT2D eigenvalue weighted by Gasteiger charge is -2.07. The molecule has 7 heteroatoms. The van der Waals surface area contributed by atoms with E-state index in [4.69, 9.17) is 4.74 Å². The maximum atomic E-state index is 13.8. The fourth-order valence-corrected chi connectivity index (χ4v) is 2.31. The second-order valence-corrected chi connectivity index (χ2v) is 5.48. The van der Waals surface area contributed by atoms with E-state index < -0.39 is 11.7 Å². The number of nitrogens with zero attached hydrogens (tertiary/aromatic N) is 1. The monoisotopic (exact) mass is 341 g/mol. The summed E-state index contributed by atoms with van der Waals surface area (Å²) in [5.41, 5.74) is 1.25. The first-order valence-corrected chi connectivity index (χ1v) is 7.52. The van der Waals surface area contributed by atoms with Gasteiger partial charge in [-0.15, -0.1) is 0 Å². The van der Waals surface area contributed by atoms with Gasteiger partial charge in [-0.1, -0.05) is 17.7 Å². The Kier molecular flexibility index (Phi) is 4.38. The van der Waals surface area contributed by atoms with Crippen LogP contribution in [0.3, 0.4) is 0 Å². The number of hydrogen-bond acceptors (Lipinski definition) is 3. The minimum absolute atomic E-state index is 0.0211. The third kappa shape index (κ3) is 3.45. The van der Waals surface area contributed by atoms with E-state index in [1.165, 1.54) is 30.0 Å². The molecule has 3 rings (SSSR count). The molecular formula is C18H16FN3O3. The van der Waals surface area contributed by atoms with E-state index in [1.54, 1.807) is 12.1 Å². The number of H-pyrrole nitrogens is 1. The normalized spacial score (nSPS) is 10.5. The van der Waals surface area contributed by atoms with Gasteiger partial charge in [0, 0.05) is 12.1 Å². The number of halogens is 1. The minimum Gasteiger partial charge on any atom is -0.497 e. The molecule has 2 aromatic carbocycles. The second kappa shape index (κ2) is 6.64. The lowest BCUT2D eigenvalue weighted by molar-refractivity contribution is 0.102. The molecule has 1 heterocycles. The number of carbonyl (C=O) groups excluding carboxylic acids is 1. The standard InChI is InChI=1S/C18H16FN3O3/c1-11-3-5-12(6-4-11)22-17(23)10-16(21-22)18(24)20-15-9-13(25-2)7-8-14(15)19/h3-10,21H,1-2H3,(H,20,24). The van der Waals surface area contributed by atoms with Crippen LogP contribution in [0.15, 0.2) is 53.3 Å². The first-order valence-electron chi connectivity index (χ1n) is 7.52. The summed E-state index contributed by atoms with van der Waals surface area (Å²) in [6.07, 6.45) is 0. The molecule has 1 amide bonds. The molecule has 128 valence electrons. The first-order chi connectivity index (χ1) is 12.0. The van der Waals surface area contributed by atoms with Crippen LogP contribution in [0.2, 0.25) is 0 Å². The van der Waals surface area contributed by atoms with Crippen molar-refractivity contribution in [3.63, 3.8) is 0 Å². The first kappa shape index (κ1) is 16.5. The molecule has 0 radical (unpaired) electrons. The molecule has 1 aromatic heterocycles. The van der Waals surface area contributed by atoms with Crippen molar-refractivity contribution < 1.29 is 13.9 Å². The van der Waals surface area contributed by atoms with E-state index in [0.717, 1.165) is 11.6 Å². The molecule has 0 saturated carbocycles. The highest BCUT2D eigenvalue weighted by Gasteiger charge is 2.14. The molecule has 0 spiro atoms. The molecule has 0 atom stereocenters. The molecule has 0 bridgehead atoms. The summed E-state index contributed by atoms with van der Waals surface area (Å²) < 4.78 is 20.1. The fourth-order valence-electron chi connectivity index (χ4n) is 2.31. The van der Waals surface area contributed by atoms with E-state index >= 15 is 0 Å². The Morgan fingerprint density at radius 3 is 2.56 bits per heavy atom. The number of nitrogens with one attached hydrogen (secondary N) is 2. The Morgan fingerprint density at radius 1 is 1.16 bits per heavy atom. The second-order valence-electron chi connectivity index (χ2n) is 5.48. The number of rotatable bonds is 4. The van der Waals surface area contributed by atoms with Crippen LogP contribution in [0.5, 0.6) is 5.75 Å². The van der Waals surface area contributed by atoms with Crippen LogP contribution in [0.1, 0.15) is 16.1 Å². The predicted molar refractivity (Wildman–Crippen MR) is 92.0 cm³/mol. The fraction of sp³-hybridized carbons (Fsp3) is 0.111. The maximum absolute atomic E-state index is 13.8. The average molecular weight is 341 g/mol. The zero-order chi connectivity index (χ0) is 18.0. The molecule has 0 aliphatic rings. The third-order valence-electron chi connectivity index (χ3n) is 3.68. The van der Waals surface area contributed by atoms with Crippen LogP contribution in [0.25, 0.3) is 5.69 Å². The molecule has 0 fully saturated rings. The molecule has 0 saturated heterocycles. The zero-order valence-corrected chi connectivity index (χ0v) is 13.7. The summed E-state index contributed by atoms with van der Waals surface area (Å²) in [7, 11) is 1.44. The summed E-state index contributed by atoms with van der Waals surface area (Å²) in [5.74, 6) is -0.827. The van der Waals surface area contributed by atoms with Gasteiger partial charge in [-0.25, -0.2) is 9.07 Å². The number of anilines is 1. The van der Waals surface area contributed by atoms with Gasteiger partial charge in [0.2, 0.25) is 0 Å². The highest BCUT2D eigenvalue weighted by atomic mass is 19.1. The smallest absolute Gasteiger partial charge is 0.273 e. The van der Waals surface area contributed by atoms with Crippen molar-refractivity contribution in [2.24, 2.45) is 0 Å². The van der Waals surface area contributed by atoms with E-state index in [2.05, 4.69) is 10.4 Å². The van der Waals surface area contributed by atoms with Crippen molar-refractivity contribution in [2.75, 3.05) is 12.4 Å². The molecular weight excluding hydrogens is 325 g/mol. The van der Waals surface area contributed by atoms with Crippen molar-refractivity contribution in [3.8, 4) is 11.4 Å². The van der Waals surface area contributed by atoms with Crippen molar-refractivity contribution in [1.82, 2.24) is 9.78 Å². The van der Waals surface area contributed by atoms with Gasteiger partial charge in [-0.05, 0) is 31.2 Å². The summed E-state index contributed by atoms with van der Waals surface area (Å²) in [6, 6.07) is 12.4. The zero-order valence-electron chi connectivity index (χ0n) is 13.7. The average Bonchev–Trinajstić information content (AvgIpc) is 2.99. The van der Waals surface area contributed by atoms with Gasteiger partial charge in [0.25, 0.3) is 11.5 Å². The number of hydrogen-bond donors (Lipinski definition) is 2. The van der Waals surface area contributed by atoms with Crippen molar-refractivity contribution in [1.29, 1.82) is 0 Å². The summed E-state index contributed by atoms with van der Waals surface area (Å²) in [6.45, 7) is 1.93. The van der Waals surface area contributed by atoms with E-state index in [9.17, 15) is 14.0 Å². The topological polar surface area (TPSA) is 76.1 Å². The van der Waals surface area contributed by atoms with Gasteiger partial charge in [-0.3, -0.25) is 14.7 Å². The van der Waals surface area contributed by atoms with Crippen molar-refractivity contribution in [2.45, 2.75) is 6.92 Å². The quantitative estimate of drug-likeness (QED) is 0.766. The van der Waals surface area contributed by atoms with E-state index in [1.807, 2.05) is 19.1 Å². The minimum atomic E-state index is -0.630. The maximum Gasteiger partial charge on any atom is 0.273 e. The van der Waals surface area contributed by atoms with Crippen LogP contribution in [0.4, 0.5) is 10.1 Å². The molecule has 3 aromatic rings. The summed E-state index contributed by atoms with van der Waals surface area (Å²) >= 11 is 0. The molecule has 2 N–H and O–H groups in total. The highest BCUT2D eigenvalue weighted by molar-refractivity contribution is 6.03.